The summed E-state index contributed by atoms with van der Waals surface area (Å²) in [4.78, 5) is 13.9. The number of carbonyl (C=O) groups excluding carboxylic acids is 1. The van der Waals surface area contributed by atoms with E-state index < -0.39 is 0 Å². The molecule has 0 saturated carbocycles. The highest BCUT2D eigenvalue weighted by atomic mass is 16.2. The smallest absolute Gasteiger partial charge is 0.253 e. The molecular formula is C15H19N3O. The number of nitriles is 1. The number of fused-ring (bicyclic) bond motifs is 1. The van der Waals surface area contributed by atoms with Gasteiger partial charge in [0, 0.05) is 31.4 Å². The van der Waals surface area contributed by atoms with Gasteiger partial charge in [0.1, 0.15) is 0 Å². The normalized spacial score (nSPS) is 14.8. The first kappa shape index (κ1) is 13.4. The zero-order chi connectivity index (χ0) is 13.8. The van der Waals surface area contributed by atoms with E-state index in [-0.39, 0.29) is 11.8 Å². The molecule has 100 valence electrons. The van der Waals surface area contributed by atoms with Gasteiger partial charge >= 0.3 is 0 Å². The highest BCUT2D eigenvalue weighted by Gasteiger charge is 2.16. The van der Waals surface area contributed by atoms with Gasteiger partial charge in [0.05, 0.1) is 12.0 Å². The minimum absolute atomic E-state index is 0.0181. The van der Waals surface area contributed by atoms with Gasteiger partial charge in [0.15, 0.2) is 0 Å². The van der Waals surface area contributed by atoms with Gasteiger partial charge in [-0.2, -0.15) is 5.26 Å². The van der Waals surface area contributed by atoms with Crippen molar-refractivity contribution in [3.8, 4) is 6.07 Å². The van der Waals surface area contributed by atoms with E-state index in [9.17, 15) is 4.79 Å². The maximum absolute atomic E-state index is 12.3. The van der Waals surface area contributed by atoms with Gasteiger partial charge in [-0.15, -0.1) is 0 Å². The minimum Gasteiger partial charge on any atom is -0.385 e. The van der Waals surface area contributed by atoms with Crippen molar-refractivity contribution in [2.45, 2.75) is 19.8 Å². The van der Waals surface area contributed by atoms with Gasteiger partial charge in [-0.1, -0.05) is 0 Å². The Bertz CT molecular complexity index is 519. The lowest BCUT2D eigenvalue weighted by atomic mass is 10.0. The van der Waals surface area contributed by atoms with Crippen molar-refractivity contribution < 1.29 is 4.79 Å². The fraction of sp³-hybridized carbons (Fsp3) is 0.467. The number of amides is 1. The lowest BCUT2D eigenvalue weighted by Crippen LogP contribution is -2.30. The molecule has 0 radical (unpaired) electrons. The molecule has 1 aliphatic heterocycles. The third-order valence-corrected chi connectivity index (χ3v) is 3.41. The zero-order valence-corrected chi connectivity index (χ0v) is 11.4. The molecule has 1 amide bonds. The van der Waals surface area contributed by atoms with Crippen LogP contribution in [0.5, 0.6) is 0 Å². The van der Waals surface area contributed by atoms with Crippen molar-refractivity contribution in [3.63, 3.8) is 0 Å². The number of nitrogens with one attached hydrogen (secondary N) is 1. The summed E-state index contributed by atoms with van der Waals surface area (Å²) in [6.45, 7) is 3.28. The number of anilines is 1. The monoisotopic (exact) mass is 257 g/mol. The first-order valence-electron chi connectivity index (χ1n) is 6.63. The molecule has 0 saturated heterocycles. The number of carbonyl (C=O) groups is 1. The molecule has 4 nitrogen and oxygen atoms in total. The quantitative estimate of drug-likeness (QED) is 0.903. The summed E-state index contributed by atoms with van der Waals surface area (Å²) in [6.07, 6.45) is 2.12. The molecule has 2 rings (SSSR count). The van der Waals surface area contributed by atoms with Crippen LogP contribution in [0.15, 0.2) is 18.2 Å². The van der Waals surface area contributed by atoms with E-state index in [1.165, 1.54) is 5.56 Å². The zero-order valence-electron chi connectivity index (χ0n) is 11.4. The summed E-state index contributed by atoms with van der Waals surface area (Å²) in [5, 5.41) is 12.1. The summed E-state index contributed by atoms with van der Waals surface area (Å²) in [7, 11) is 1.74. The Balaban J connectivity index is 2.13. The van der Waals surface area contributed by atoms with Gasteiger partial charge in [-0.05, 0) is 43.5 Å². The first-order valence-corrected chi connectivity index (χ1v) is 6.63. The Morgan fingerprint density at radius 3 is 3.11 bits per heavy atom. The predicted octanol–water partition coefficient (Wildman–Crippen LogP) is 2.28. The van der Waals surface area contributed by atoms with E-state index >= 15 is 0 Å². The molecule has 0 aromatic heterocycles. The number of hydrogen-bond acceptors (Lipinski definition) is 3. The topological polar surface area (TPSA) is 56.1 Å². The molecule has 0 bridgehead atoms. The number of nitrogens with zero attached hydrogens (tertiary/aromatic N) is 2. The van der Waals surface area contributed by atoms with E-state index in [1.807, 2.05) is 25.1 Å². The van der Waals surface area contributed by atoms with Gasteiger partial charge in [-0.3, -0.25) is 4.79 Å². The molecule has 1 atom stereocenters. The number of hydrogen-bond donors (Lipinski definition) is 1. The Kier molecular flexibility index (Phi) is 4.06. The van der Waals surface area contributed by atoms with Gasteiger partial charge in [0.25, 0.3) is 5.91 Å². The average Bonchev–Trinajstić information content (AvgIpc) is 2.45. The number of aryl methyl sites for hydroxylation is 1. The molecule has 4 heteroatoms. The van der Waals surface area contributed by atoms with Crippen LogP contribution in [0.3, 0.4) is 0 Å². The number of benzene rings is 1. The summed E-state index contributed by atoms with van der Waals surface area (Å²) in [5.41, 5.74) is 3.05. The summed E-state index contributed by atoms with van der Waals surface area (Å²) in [6, 6.07) is 7.95. The molecule has 1 heterocycles. The minimum atomic E-state index is -0.145. The van der Waals surface area contributed by atoms with Crippen LogP contribution in [-0.4, -0.2) is 30.9 Å². The van der Waals surface area contributed by atoms with Gasteiger partial charge in [-0.25, -0.2) is 0 Å². The second kappa shape index (κ2) is 5.75. The van der Waals surface area contributed by atoms with Crippen molar-refractivity contribution in [1.29, 1.82) is 5.26 Å². The third-order valence-electron chi connectivity index (χ3n) is 3.41. The van der Waals surface area contributed by atoms with Crippen molar-refractivity contribution >= 4 is 11.6 Å². The Labute approximate surface area is 114 Å². The lowest BCUT2D eigenvalue weighted by molar-refractivity contribution is 0.0785. The average molecular weight is 257 g/mol. The Morgan fingerprint density at radius 1 is 1.58 bits per heavy atom. The van der Waals surface area contributed by atoms with Crippen LogP contribution in [0.25, 0.3) is 0 Å². The SMILES string of the molecule is CC(C#N)CN(C)C(=O)c1ccc2c(c1)CCCN2. The maximum Gasteiger partial charge on any atom is 0.253 e. The van der Waals surface area contributed by atoms with Crippen molar-refractivity contribution in [2.24, 2.45) is 5.92 Å². The summed E-state index contributed by atoms with van der Waals surface area (Å²) in [5.74, 6) is -0.163. The van der Waals surface area contributed by atoms with Crippen molar-refractivity contribution in [3.05, 3.63) is 29.3 Å². The van der Waals surface area contributed by atoms with E-state index in [0.29, 0.717) is 12.1 Å². The molecule has 0 aliphatic carbocycles. The van der Waals surface area contributed by atoms with Crippen LogP contribution in [0.4, 0.5) is 5.69 Å². The van der Waals surface area contributed by atoms with E-state index in [1.54, 1.807) is 11.9 Å². The molecule has 1 aliphatic rings. The highest BCUT2D eigenvalue weighted by Crippen LogP contribution is 2.23. The Hall–Kier alpha value is -2.02. The molecular weight excluding hydrogens is 238 g/mol. The van der Waals surface area contributed by atoms with Crippen molar-refractivity contribution in [1.82, 2.24) is 4.90 Å². The van der Waals surface area contributed by atoms with Crippen LogP contribution < -0.4 is 5.32 Å². The maximum atomic E-state index is 12.3. The van der Waals surface area contributed by atoms with Crippen LogP contribution >= 0.6 is 0 Å². The molecule has 0 spiro atoms. The summed E-state index contributed by atoms with van der Waals surface area (Å²) >= 11 is 0. The van der Waals surface area contributed by atoms with E-state index in [4.69, 9.17) is 5.26 Å². The first-order chi connectivity index (χ1) is 9.11. The fourth-order valence-electron chi connectivity index (χ4n) is 2.36. The van der Waals surface area contributed by atoms with Crippen LogP contribution in [0, 0.1) is 17.2 Å². The second-order valence-corrected chi connectivity index (χ2v) is 5.12. The standard InChI is InChI=1S/C15H19N3O/c1-11(9-16)10-18(2)15(19)13-5-6-14-12(8-13)4-3-7-17-14/h5-6,8,11,17H,3-4,7,10H2,1-2H3. The number of rotatable bonds is 3. The largest absolute Gasteiger partial charge is 0.385 e. The molecule has 1 aromatic carbocycles. The van der Waals surface area contributed by atoms with Crippen molar-refractivity contribution in [2.75, 3.05) is 25.5 Å². The van der Waals surface area contributed by atoms with E-state index in [0.717, 1.165) is 25.1 Å². The molecule has 0 fully saturated rings. The highest BCUT2D eigenvalue weighted by molar-refractivity contribution is 5.94. The third kappa shape index (κ3) is 3.05. The lowest BCUT2D eigenvalue weighted by Gasteiger charge is -2.21. The second-order valence-electron chi connectivity index (χ2n) is 5.12. The van der Waals surface area contributed by atoms with Crippen LogP contribution in [0.1, 0.15) is 29.3 Å². The van der Waals surface area contributed by atoms with Gasteiger partial charge in [0.2, 0.25) is 0 Å². The van der Waals surface area contributed by atoms with E-state index in [2.05, 4.69) is 11.4 Å². The fourth-order valence-corrected chi connectivity index (χ4v) is 2.36. The Morgan fingerprint density at radius 2 is 2.37 bits per heavy atom. The summed E-state index contributed by atoms with van der Waals surface area (Å²) < 4.78 is 0. The molecule has 1 N–H and O–H groups in total. The molecule has 19 heavy (non-hydrogen) atoms. The van der Waals surface area contributed by atoms with Crippen LogP contribution in [0.2, 0.25) is 0 Å². The van der Waals surface area contributed by atoms with Gasteiger partial charge < -0.3 is 10.2 Å². The molecule has 1 unspecified atom stereocenters. The van der Waals surface area contributed by atoms with Crippen LogP contribution in [-0.2, 0) is 6.42 Å². The predicted molar refractivity (Wildman–Crippen MR) is 75.0 cm³/mol. The molecule has 1 aromatic rings.